The minimum Gasteiger partial charge on any atom is -0.369 e. The number of ether oxygens (including phenoxy) is 2. The van der Waals surface area contributed by atoms with Crippen molar-refractivity contribution in [1.29, 1.82) is 0 Å². The molecule has 1 fully saturated rings. The van der Waals surface area contributed by atoms with Crippen LogP contribution in [0.25, 0.3) is 0 Å². The van der Waals surface area contributed by atoms with Crippen molar-refractivity contribution in [1.82, 2.24) is 5.32 Å². The Hall–Kier alpha value is -2.38. The van der Waals surface area contributed by atoms with Crippen LogP contribution in [0.1, 0.15) is 23.1 Å². The van der Waals surface area contributed by atoms with E-state index in [4.69, 9.17) is 21.1 Å². The van der Waals surface area contributed by atoms with Crippen LogP contribution in [0.15, 0.2) is 66.7 Å². The molecule has 0 spiro atoms. The molecular weight excluding hydrogens is 439 g/mol. The maximum absolute atomic E-state index is 14.2. The molecular formula is C25H23ClF3NO2. The number of benzene rings is 3. The first-order valence-corrected chi connectivity index (χ1v) is 10.8. The Balaban J connectivity index is 1.64. The SMILES string of the molecule is Fc1ccc(F)c(CO[C@H]2CNCC[C@@]2(OCc2ccccc2)c2ccc(Cl)cc2)c1F. The topological polar surface area (TPSA) is 30.5 Å². The summed E-state index contributed by atoms with van der Waals surface area (Å²) in [5.41, 5.74) is 0.514. The first-order valence-electron chi connectivity index (χ1n) is 10.4. The van der Waals surface area contributed by atoms with Gasteiger partial charge in [-0.25, -0.2) is 13.2 Å². The van der Waals surface area contributed by atoms with Gasteiger partial charge in [-0.3, -0.25) is 0 Å². The zero-order valence-electron chi connectivity index (χ0n) is 17.3. The Morgan fingerprint density at radius 1 is 0.906 bits per heavy atom. The fourth-order valence-corrected chi connectivity index (χ4v) is 4.13. The largest absolute Gasteiger partial charge is 0.369 e. The van der Waals surface area contributed by atoms with Crippen molar-refractivity contribution < 1.29 is 22.6 Å². The summed E-state index contributed by atoms with van der Waals surface area (Å²) in [7, 11) is 0. The van der Waals surface area contributed by atoms with Crippen molar-refractivity contribution >= 4 is 11.6 Å². The molecule has 0 aliphatic carbocycles. The molecule has 1 saturated heterocycles. The standard InChI is InChI=1S/C25H23ClF3NO2/c26-19-8-6-18(7-9-19)25(32-15-17-4-2-1-3-5-17)12-13-30-14-23(25)31-16-20-21(27)10-11-22(28)24(20)29/h1-11,23,30H,12-16H2/t23-,25+/m0/s1. The van der Waals surface area contributed by atoms with Crippen molar-refractivity contribution in [2.45, 2.75) is 31.3 Å². The van der Waals surface area contributed by atoms with Gasteiger partial charge >= 0.3 is 0 Å². The first-order chi connectivity index (χ1) is 15.5. The third-order valence-corrected chi connectivity index (χ3v) is 6.01. The van der Waals surface area contributed by atoms with Crippen molar-refractivity contribution in [3.63, 3.8) is 0 Å². The Morgan fingerprint density at radius 2 is 1.62 bits per heavy atom. The van der Waals surface area contributed by atoms with Gasteiger partial charge in [-0.1, -0.05) is 54.1 Å². The molecule has 2 atom stereocenters. The predicted octanol–water partition coefficient (Wildman–Crippen LogP) is 5.75. The van der Waals surface area contributed by atoms with Crippen LogP contribution < -0.4 is 5.32 Å². The summed E-state index contributed by atoms with van der Waals surface area (Å²) < 4.78 is 54.5. The molecule has 1 heterocycles. The molecule has 168 valence electrons. The molecule has 3 nitrogen and oxygen atoms in total. The van der Waals surface area contributed by atoms with E-state index in [-0.39, 0.29) is 0 Å². The third-order valence-electron chi connectivity index (χ3n) is 5.76. The van der Waals surface area contributed by atoms with Gasteiger partial charge < -0.3 is 14.8 Å². The monoisotopic (exact) mass is 461 g/mol. The second kappa shape index (κ2) is 10.0. The van der Waals surface area contributed by atoms with Crippen molar-refractivity contribution in [2.75, 3.05) is 13.1 Å². The predicted molar refractivity (Wildman–Crippen MR) is 117 cm³/mol. The van der Waals surface area contributed by atoms with Gasteiger partial charge in [0.15, 0.2) is 11.6 Å². The van der Waals surface area contributed by atoms with Gasteiger partial charge in [0.25, 0.3) is 0 Å². The number of hydrogen-bond acceptors (Lipinski definition) is 3. The molecule has 0 unspecified atom stereocenters. The summed E-state index contributed by atoms with van der Waals surface area (Å²) >= 11 is 6.09. The van der Waals surface area contributed by atoms with E-state index in [1.165, 1.54) is 0 Å². The van der Waals surface area contributed by atoms with Crippen LogP contribution in [-0.2, 0) is 28.3 Å². The zero-order valence-corrected chi connectivity index (χ0v) is 18.0. The highest BCUT2D eigenvalue weighted by atomic mass is 35.5. The molecule has 1 N–H and O–H groups in total. The van der Waals surface area contributed by atoms with E-state index in [9.17, 15) is 13.2 Å². The minimum atomic E-state index is -1.24. The molecule has 0 radical (unpaired) electrons. The highest BCUT2D eigenvalue weighted by Crippen LogP contribution is 2.39. The smallest absolute Gasteiger partial charge is 0.167 e. The Bertz CT molecular complexity index is 1050. The van der Waals surface area contributed by atoms with E-state index in [0.717, 1.165) is 23.3 Å². The minimum absolute atomic E-state index is 0.325. The Morgan fingerprint density at radius 3 is 2.38 bits per heavy atom. The number of rotatable bonds is 7. The van der Waals surface area contributed by atoms with Crippen LogP contribution in [0.3, 0.4) is 0 Å². The third kappa shape index (κ3) is 4.84. The summed E-state index contributed by atoms with van der Waals surface area (Å²) in [4.78, 5) is 0. The average molecular weight is 462 g/mol. The van der Waals surface area contributed by atoms with Crippen LogP contribution in [0.2, 0.25) is 5.02 Å². The number of piperidine rings is 1. The van der Waals surface area contributed by atoms with Gasteiger partial charge in [-0.15, -0.1) is 0 Å². The van der Waals surface area contributed by atoms with Crippen molar-refractivity contribution in [3.05, 3.63) is 106 Å². The normalized spacial score (nSPS) is 20.9. The lowest BCUT2D eigenvalue weighted by Gasteiger charge is -2.44. The van der Waals surface area contributed by atoms with Crippen LogP contribution in [0.4, 0.5) is 13.2 Å². The second-order valence-corrected chi connectivity index (χ2v) is 8.18. The van der Waals surface area contributed by atoms with Crippen LogP contribution >= 0.6 is 11.6 Å². The molecule has 32 heavy (non-hydrogen) atoms. The second-order valence-electron chi connectivity index (χ2n) is 7.75. The summed E-state index contributed by atoms with van der Waals surface area (Å²) in [5.74, 6) is -3.21. The Labute approximate surface area is 190 Å². The summed E-state index contributed by atoms with van der Waals surface area (Å²) in [5, 5.41) is 3.84. The van der Waals surface area contributed by atoms with E-state index in [0.29, 0.717) is 31.1 Å². The van der Waals surface area contributed by atoms with Crippen LogP contribution in [-0.4, -0.2) is 19.2 Å². The highest BCUT2D eigenvalue weighted by Gasteiger charge is 2.44. The molecule has 0 bridgehead atoms. The molecule has 4 rings (SSSR count). The molecule has 0 saturated carbocycles. The molecule has 0 amide bonds. The average Bonchev–Trinajstić information content (AvgIpc) is 2.82. The van der Waals surface area contributed by atoms with Gasteiger partial charge in [0.2, 0.25) is 0 Å². The van der Waals surface area contributed by atoms with E-state index in [1.807, 2.05) is 42.5 Å². The van der Waals surface area contributed by atoms with E-state index in [2.05, 4.69) is 5.32 Å². The van der Waals surface area contributed by atoms with E-state index >= 15 is 0 Å². The van der Waals surface area contributed by atoms with Gasteiger partial charge in [0, 0.05) is 11.6 Å². The number of hydrogen-bond donors (Lipinski definition) is 1. The lowest BCUT2D eigenvalue weighted by atomic mass is 9.82. The van der Waals surface area contributed by atoms with E-state index < -0.39 is 41.3 Å². The van der Waals surface area contributed by atoms with Gasteiger partial charge in [-0.2, -0.15) is 0 Å². The van der Waals surface area contributed by atoms with Gasteiger partial charge in [0.1, 0.15) is 17.5 Å². The molecule has 1 aliphatic heterocycles. The maximum Gasteiger partial charge on any atom is 0.167 e. The highest BCUT2D eigenvalue weighted by molar-refractivity contribution is 6.30. The fourth-order valence-electron chi connectivity index (χ4n) is 4.01. The number of nitrogens with one attached hydrogen (secondary N) is 1. The molecule has 3 aromatic rings. The molecule has 1 aliphatic rings. The maximum atomic E-state index is 14.2. The van der Waals surface area contributed by atoms with Crippen LogP contribution in [0.5, 0.6) is 0 Å². The zero-order chi connectivity index (χ0) is 22.6. The van der Waals surface area contributed by atoms with Gasteiger partial charge in [0.05, 0.1) is 18.8 Å². The van der Waals surface area contributed by atoms with Crippen LogP contribution in [0, 0.1) is 17.5 Å². The summed E-state index contributed by atoms with van der Waals surface area (Å²) in [6.45, 7) is 0.966. The molecule has 0 aromatic heterocycles. The summed E-state index contributed by atoms with van der Waals surface area (Å²) in [6, 6.07) is 18.7. The van der Waals surface area contributed by atoms with Gasteiger partial charge in [-0.05, 0) is 48.4 Å². The fraction of sp³-hybridized carbons (Fsp3) is 0.280. The Kier molecular flexibility index (Phi) is 7.16. The molecule has 7 heteroatoms. The lowest BCUT2D eigenvalue weighted by Crippen LogP contribution is -2.54. The van der Waals surface area contributed by atoms with Crippen molar-refractivity contribution in [2.24, 2.45) is 0 Å². The summed E-state index contributed by atoms with van der Waals surface area (Å²) in [6.07, 6.45) is -0.0107. The first kappa shape index (κ1) is 22.8. The lowest BCUT2D eigenvalue weighted by molar-refractivity contribution is -0.177. The number of halogens is 4. The van der Waals surface area contributed by atoms with E-state index in [1.54, 1.807) is 12.1 Å². The quantitative estimate of drug-likeness (QED) is 0.454. The van der Waals surface area contributed by atoms with Crippen molar-refractivity contribution in [3.8, 4) is 0 Å². The molecule has 3 aromatic carbocycles.